The number of carbonyl (C=O) groups is 1. The van der Waals surface area contributed by atoms with Gasteiger partial charge in [0.1, 0.15) is 11.5 Å². The van der Waals surface area contributed by atoms with Crippen molar-refractivity contribution >= 4 is 5.78 Å². The van der Waals surface area contributed by atoms with E-state index in [0.29, 0.717) is 12.3 Å². The van der Waals surface area contributed by atoms with E-state index in [0.717, 1.165) is 25.2 Å². The molecular weight excluding hydrogens is 224 g/mol. The van der Waals surface area contributed by atoms with Gasteiger partial charge in [0.25, 0.3) is 0 Å². The van der Waals surface area contributed by atoms with E-state index < -0.39 is 0 Å². The maximum Gasteiger partial charge on any atom is 0.130 e. The molecule has 1 aliphatic heterocycles. The topological polar surface area (TPSA) is 26.3 Å². The number of fused-ring (bicyclic) bond motifs is 1. The van der Waals surface area contributed by atoms with Crippen molar-refractivity contribution in [1.82, 2.24) is 0 Å². The summed E-state index contributed by atoms with van der Waals surface area (Å²) in [5, 5.41) is 0. The minimum absolute atomic E-state index is 0.0704. The molecule has 0 bridgehead atoms. The lowest BCUT2D eigenvalue weighted by Gasteiger charge is -2.32. The van der Waals surface area contributed by atoms with Crippen molar-refractivity contribution in [2.75, 3.05) is 6.61 Å². The van der Waals surface area contributed by atoms with Crippen LogP contribution in [0.4, 0.5) is 0 Å². The predicted octanol–water partition coefficient (Wildman–Crippen LogP) is 3.95. The molecule has 1 aromatic rings. The first-order chi connectivity index (χ1) is 8.48. The summed E-state index contributed by atoms with van der Waals surface area (Å²) in [4.78, 5) is 11.3. The number of hydrogen-bond acceptors (Lipinski definition) is 2. The van der Waals surface area contributed by atoms with E-state index in [1.807, 2.05) is 12.1 Å². The Bertz CT molecular complexity index is 434. The quantitative estimate of drug-likeness (QED) is 0.804. The number of Topliss-reactive ketones (excluding diaryl/α,β-unsaturated/α-hetero) is 1. The zero-order chi connectivity index (χ0) is 13.2. The van der Waals surface area contributed by atoms with Gasteiger partial charge in [0.15, 0.2) is 0 Å². The summed E-state index contributed by atoms with van der Waals surface area (Å²) < 4.78 is 5.68. The standard InChI is InChI=1S/C16H22O2/c1-12(17)10-16(2,3)11-13-8-9-18-15-7-5-4-6-14(13)15/h4-7,13H,8-11H2,1-3H3. The highest BCUT2D eigenvalue weighted by Gasteiger charge is 2.29. The van der Waals surface area contributed by atoms with Crippen molar-refractivity contribution in [3.8, 4) is 5.75 Å². The zero-order valence-electron chi connectivity index (χ0n) is 11.5. The molecule has 0 aliphatic carbocycles. The summed E-state index contributed by atoms with van der Waals surface area (Å²) >= 11 is 0. The normalized spacial score (nSPS) is 18.9. The number of benzene rings is 1. The van der Waals surface area contributed by atoms with Crippen LogP contribution in [0.2, 0.25) is 0 Å². The van der Waals surface area contributed by atoms with E-state index in [4.69, 9.17) is 4.74 Å². The zero-order valence-corrected chi connectivity index (χ0v) is 11.5. The Morgan fingerprint density at radius 1 is 1.39 bits per heavy atom. The average molecular weight is 246 g/mol. The van der Waals surface area contributed by atoms with E-state index >= 15 is 0 Å². The molecule has 1 heterocycles. The second kappa shape index (κ2) is 5.13. The number of ketones is 1. The summed E-state index contributed by atoms with van der Waals surface area (Å²) in [6.45, 7) is 6.84. The molecule has 0 aromatic heterocycles. The first-order valence-corrected chi connectivity index (χ1v) is 6.69. The van der Waals surface area contributed by atoms with E-state index in [-0.39, 0.29) is 11.2 Å². The van der Waals surface area contributed by atoms with Crippen LogP contribution in [0, 0.1) is 5.41 Å². The molecule has 0 spiro atoms. The van der Waals surface area contributed by atoms with Crippen LogP contribution in [0.15, 0.2) is 24.3 Å². The number of para-hydroxylation sites is 1. The fraction of sp³-hybridized carbons (Fsp3) is 0.562. The predicted molar refractivity (Wildman–Crippen MR) is 73.0 cm³/mol. The molecule has 2 heteroatoms. The Balaban J connectivity index is 2.14. The van der Waals surface area contributed by atoms with Gasteiger partial charge in [-0.1, -0.05) is 32.0 Å². The van der Waals surface area contributed by atoms with Crippen LogP contribution >= 0.6 is 0 Å². The minimum atomic E-state index is 0.0704. The molecule has 0 fully saturated rings. The van der Waals surface area contributed by atoms with Crippen molar-refractivity contribution in [3.05, 3.63) is 29.8 Å². The third-order valence-electron chi connectivity index (χ3n) is 3.61. The highest BCUT2D eigenvalue weighted by Crippen LogP contribution is 2.41. The van der Waals surface area contributed by atoms with Gasteiger partial charge in [-0.3, -0.25) is 0 Å². The molecule has 1 atom stereocenters. The Morgan fingerprint density at radius 3 is 2.83 bits per heavy atom. The third-order valence-corrected chi connectivity index (χ3v) is 3.61. The molecule has 0 N–H and O–H groups in total. The summed E-state index contributed by atoms with van der Waals surface area (Å²) in [5.74, 6) is 1.82. The third kappa shape index (κ3) is 3.12. The van der Waals surface area contributed by atoms with E-state index in [1.54, 1.807) is 6.92 Å². The monoisotopic (exact) mass is 246 g/mol. The summed E-state index contributed by atoms with van der Waals surface area (Å²) in [6, 6.07) is 8.28. The number of hydrogen-bond donors (Lipinski definition) is 0. The number of carbonyl (C=O) groups excluding carboxylic acids is 1. The summed E-state index contributed by atoms with van der Waals surface area (Å²) in [6.07, 6.45) is 2.76. The molecule has 1 aromatic carbocycles. The van der Waals surface area contributed by atoms with Gasteiger partial charge in [-0.2, -0.15) is 0 Å². The highest BCUT2D eigenvalue weighted by atomic mass is 16.5. The van der Waals surface area contributed by atoms with Gasteiger partial charge < -0.3 is 9.53 Å². The molecular formula is C16H22O2. The number of ether oxygens (including phenoxy) is 1. The average Bonchev–Trinajstić information content (AvgIpc) is 2.27. The van der Waals surface area contributed by atoms with Crippen LogP contribution < -0.4 is 4.74 Å². The van der Waals surface area contributed by atoms with E-state index in [2.05, 4.69) is 26.0 Å². The molecule has 0 saturated carbocycles. The molecule has 18 heavy (non-hydrogen) atoms. The van der Waals surface area contributed by atoms with Crippen molar-refractivity contribution in [3.63, 3.8) is 0 Å². The van der Waals surface area contributed by atoms with Crippen LogP contribution in [0.25, 0.3) is 0 Å². The van der Waals surface area contributed by atoms with E-state index in [9.17, 15) is 4.79 Å². The molecule has 2 rings (SSSR count). The lowest BCUT2D eigenvalue weighted by atomic mass is 9.75. The van der Waals surface area contributed by atoms with Gasteiger partial charge in [-0.15, -0.1) is 0 Å². The Hall–Kier alpha value is -1.31. The van der Waals surface area contributed by atoms with Crippen molar-refractivity contribution in [2.24, 2.45) is 5.41 Å². The maximum atomic E-state index is 11.3. The van der Waals surface area contributed by atoms with Gasteiger partial charge in [-0.25, -0.2) is 0 Å². The molecule has 1 aliphatic rings. The summed E-state index contributed by atoms with van der Waals surface area (Å²) in [7, 11) is 0. The molecule has 0 amide bonds. The Kier molecular flexibility index (Phi) is 3.74. The van der Waals surface area contributed by atoms with Crippen LogP contribution in [0.1, 0.15) is 51.5 Å². The highest BCUT2D eigenvalue weighted by molar-refractivity contribution is 5.76. The van der Waals surface area contributed by atoms with Gasteiger partial charge in [0.2, 0.25) is 0 Å². The lowest BCUT2D eigenvalue weighted by molar-refractivity contribution is -0.119. The first kappa shape index (κ1) is 13.1. The molecule has 1 unspecified atom stereocenters. The summed E-state index contributed by atoms with van der Waals surface area (Å²) in [5.41, 5.74) is 1.38. The van der Waals surface area contributed by atoms with E-state index in [1.165, 1.54) is 5.56 Å². The second-order valence-corrected chi connectivity index (χ2v) is 6.12. The fourth-order valence-corrected chi connectivity index (χ4v) is 3.04. The van der Waals surface area contributed by atoms with Crippen LogP contribution in [-0.2, 0) is 4.79 Å². The fourth-order valence-electron chi connectivity index (χ4n) is 3.04. The van der Waals surface area contributed by atoms with Gasteiger partial charge in [0, 0.05) is 6.42 Å². The van der Waals surface area contributed by atoms with Crippen molar-refractivity contribution < 1.29 is 9.53 Å². The SMILES string of the molecule is CC(=O)CC(C)(C)CC1CCOc2ccccc21. The number of rotatable bonds is 4. The molecule has 0 radical (unpaired) electrons. The second-order valence-electron chi connectivity index (χ2n) is 6.12. The van der Waals surface area contributed by atoms with Crippen molar-refractivity contribution in [2.45, 2.75) is 46.0 Å². The largest absolute Gasteiger partial charge is 0.493 e. The molecule has 98 valence electrons. The first-order valence-electron chi connectivity index (χ1n) is 6.69. The van der Waals surface area contributed by atoms with Crippen LogP contribution in [0.5, 0.6) is 5.75 Å². The Labute approximate surface area is 109 Å². The maximum absolute atomic E-state index is 11.3. The minimum Gasteiger partial charge on any atom is -0.493 e. The smallest absolute Gasteiger partial charge is 0.130 e. The Morgan fingerprint density at radius 2 is 2.11 bits per heavy atom. The molecule has 2 nitrogen and oxygen atoms in total. The van der Waals surface area contributed by atoms with Gasteiger partial charge in [-0.05, 0) is 42.7 Å². The van der Waals surface area contributed by atoms with Gasteiger partial charge in [0.05, 0.1) is 6.61 Å². The molecule has 0 saturated heterocycles. The van der Waals surface area contributed by atoms with Crippen molar-refractivity contribution in [1.29, 1.82) is 0 Å². The van der Waals surface area contributed by atoms with Gasteiger partial charge >= 0.3 is 0 Å². The lowest BCUT2D eigenvalue weighted by Crippen LogP contribution is -2.23. The van der Waals surface area contributed by atoms with Crippen LogP contribution in [0.3, 0.4) is 0 Å². The van der Waals surface area contributed by atoms with Crippen LogP contribution in [-0.4, -0.2) is 12.4 Å².